The van der Waals surface area contributed by atoms with Crippen molar-refractivity contribution in [1.82, 2.24) is 34.9 Å². The molecule has 0 spiro atoms. The van der Waals surface area contributed by atoms with Crippen LogP contribution in [0.4, 0.5) is 23.1 Å². The Morgan fingerprint density at radius 1 is 1.00 bits per heavy atom. The van der Waals surface area contributed by atoms with Gasteiger partial charge in [-0.25, -0.2) is 4.98 Å². The first kappa shape index (κ1) is 35.7. The summed E-state index contributed by atoms with van der Waals surface area (Å²) in [4.78, 5) is 57.6. The molecule has 1 aliphatic carbocycles. The smallest absolute Gasteiger partial charge is 0.293 e. The highest BCUT2D eigenvalue weighted by Crippen LogP contribution is 2.33. The van der Waals surface area contributed by atoms with E-state index in [0.717, 1.165) is 54.2 Å². The summed E-state index contributed by atoms with van der Waals surface area (Å²) >= 11 is 6.48. The van der Waals surface area contributed by atoms with Crippen molar-refractivity contribution in [2.75, 3.05) is 36.1 Å². The largest absolute Gasteiger partial charge is 0.478 e. The highest BCUT2D eigenvalue weighted by molar-refractivity contribution is 6.33. The Bertz CT molecular complexity index is 2280. The van der Waals surface area contributed by atoms with Crippen LogP contribution in [-0.2, 0) is 28.5 Å². The van der Waals surface area contributed by atoms with Gasteiger partial charge in [-0.15, -0.1) is 0 Å². The predicted octanol–water partition coefficient (Wildman–Crippen LogP) is 4.34. The van der Waals surface area contributed by atoms with Crippen LogP contribution in [0.1, 0.15) is 50.1 Å². The lowest BCUT2D eigenvalue weighted by atomic mass is 9.86. The molecule has 3 aromatic heterocycles. The number of imide groups is 1. The molecule has 2 aromatic carbocycles. The number of halogens is 1. The first-order valence-electron chi connectivity index (χ1n) is 17.6. The molecule has 2 fully saturated rings. The third-order valence-electron chi connectivity index (χ3n) is 10.1. The van der Waals surface area contributed by atoms with E-state index in [9.17, 15) is 19.2 Å². The van der Waals surface area contributed by atoms with Crippen LogP contribution in [0.25, 0.3) is 21.8 Å². The minimum atomic E-state index is -0.429. The number of benzene rings is 2. The number of fused-ring (bicyclic) bond motifs is 2. The topological polar surface area (TPSA) is 186 Å². The SMILES string of the molecule is CNC(=O)COc1cc2cc(Nc3nc(NCC4CCC(Nc5ccc6c(C7CCC(=O)NC7=O)nn(C)c6c5)CC4)ncc3Cl)ccc2n(C)c1=O. The van der Waals surface area contributed by atoms with E-state index in [4.69, 9.17) is 16.3 Å². The number of aromatic nitrogens is 5. The fraction of sp³-hybridized carbons (Fsp3) is 0.378. The van der Waals surface area contributed by atoms with E-state index in [0.29, 0.717) is 58.5 Å². The third kappa shape index (κ3) is 7.75. The van der Waals surface area contributed by atoms with Gasteiger partial charge in [0.25, 0.3) is 11.5 Å². The van der Waals surface area contributed by atoms with E-state index in [1.807, 2.05) is 37.4 Å². The Morgan fingerprint density at radius 2 is 1.79 bits per heavy atom. The molecule has 1 unspecified atom stereocenters. The van der Waals surface area contributed by atoms with Crippen LogP contribution in [0.2, 0.25) is 5.02 Å². The van der Waals surface area contributed by atoms with Gasteiger partial charge in [0.1, 0.15) is 5.02 Å². The lowest BCUT2D eigenvalue weighted by molar-refractivity contribution is -0.134. The maximum Gasteiger partial charge on any atom is 0.293 e. The van der Waals surface area contributed by atoms with Gasteiger partial charge in [0.15, 0.2) is 18.2 Å². The van der Waals surface area contributed by atoms with E-state index < -0.39 is 5.92 Å². The number of nitrogens with zero attached hydrogens (tertiary/aromatic N) is 5. The molecule has 0 bridgehead atoms. The number of rotatable bonds is 11. The molecule has 1 saturated carbocycles. The molecule has 15 nitrogen and oxygen atoms in total. The number of carbonyl (C=O) groups is 3. The van der Waals surface area contributed by atoms with Crippen LogP contribution in [0.3, 0.4) is 0 Å². The second-order valence-electron chi connectivity index (χ2n) is 13.6. The lowest BCUT2D eigenvalue weighted by Crippen LogP contribution is -2.39. The highest BCUT2D eigenvalue weighted by atomic mass is 35.5. The Balaban J connectivity index is 0.939. The number of amides is 3. The minimum Gasteiger partial charge on any atom is -0.478 e. The number of likely N-dealkylation sites (N-methyl/N-ethyl adjacent to an activating group) is 1. The summed E-state index contributed by atoms with van der Waals surface area (Å²) in [6.45, 7) is 0.460. The number of carbonyl (C=O) groups excluding carboxylic acids is 3. The van der Waals surface area contributed by atoms with Crippen LogP contribution in [0.5, 0.6) is 5.75 Å². The summed E-state index contributed by atoms with van der Waals surface area (Å²) in [5.41, 5.74) is 3.72. The van der Waals surface area contributed by atoms with Gasteiger partial charge in [0.2, 0.25) is 17.8 Å². The van der Waals surface area contributed by atoms with Crippen molar-refractivity contribution >= 4 is 74.3 Å². The zero-order valence-electron chi connectivity index (χ0n) is 29.7. The first-order valence-corrected chi connectivity index (χ1v) is 18.0. The number of aryl methyl sites for hydroxylation is 2. The van der Waals surface area contributed by atoms with E-state index in [1.54, 1.807) is 24.0 Å². The van der Waals surface area contributed by atoms with Gasteiger partial charge >= 0.3 is 0 Å². The Hall–Kier alpha value is -5.70. The molecule has 7 rings (SSSR count). The van der Waals surface area contributed by atoms with Crippen LogP contribution in [-0.4, -0.2) is 68.3 Å². The van der Waals surface area contributed by atoms with Gasteiger partial charge in [-0.1, -0.05) is 11.6 Å². The normalized spacial score (nSPS) is 18.8. The molecule has 16 heteroatoms. The van der Waals surface area contributed by atoms with Crippen LogP contribution < -0.4 is 36.9 Å². The molecule has 1 saturated heterocycles. The zero-order chi connectivity index (χ0) is 37.2. The maximum atomic E-state index is 12.7. The number of nitrogens with one attached hydrogen (secondary N) is 5. The van der Waals surface area contributed by atoms with Crippen molar-refractivity contribution in [3.05, 3.63) is 69.7 Å². The summed E-state index contributed by atoms with van der Waals surface area (Å²) in [6.07, 6.45) is 6.43. The minimum absolute atomic E-state index is 0.0745. The van der Waals surface area contributed by atoms with Gasteiger partial charge in [0.05, 0.1) is 28.8 Å². The van der Waals surface area contributed by atoms with Crippen molar-refractivity contribution in [2.24, 2.45) is 20.0 Å². The van der Waals surface area contributed by atoms with E-state index in [-0.39, 0.29) is 35.6 Å². The number of piperidine rings is 1. The molecule has 5 aromatic rings. The number of hydrogen-bond donors (Lipinski definition) is 5. The van der Waals surface area contributed by atoms with Gasteiger partial charge in [0, 0.05) is 62.3 Å². The average Bonchev–Trinajstić information content (AvgIpc) is 3.47. The fourth-order valence-corrected chi connectivity index (χ4v) is 7.23. The zero-order valence-corrected chi connectivity index (χ0v) is 30.4. The van der Waals surface area contributed by atoms with Gasteiger partial charge < -0.3 is 30.6 Å². The van der Waals surface area contributed by atoms with Crippen molar-refractivity contribution in [3.63, 3.8) is 0 Å². The second kappa shape index (κ2) is 15.1. The van der Waals surface area contributed by atoms with Gasteiger partial charge in [-0.3, -0.25) is 29.2 Å². The summed E-state index contributed by atoms with van der Waals surface area (Å²) in [6, 6.07) is 13.6. The molecule has 0 radical (unpaired) electrons. The van der Waals surface area contributed by atoms with E-state index in [2.05, 4.69) is 47.7 Å². The second-order valence-corrected chi connectivity index (χ2v) is 14.0. The molecule has 1 atom stereocenters. The van der Waals surface area contributed by atoms with Crippen molar-refractivity contribution in [3.8, 4) is 5.75 Å². The Labute approximate surface area is 309 Å². The average molecular weight is 741 g/mol. The van der Waals surface area contributed by atoms with Gasteiger partial charge in [-0.2, -0.15) is 10.1 Å². The molecule has 2 aliphatic rings. The van der Waals surface area contributed by atoms with E-state index >= 15 is 0 Å². The Morgan fingerprint density at radius 3 is 2.57 bits per heavy atom. The quantitative estimate of drug-likeness (QED) is 0.121. The van der Waals surface area contributed by atoms with E-state index in [1.165, 1.54) is 11.6 Å². The molecular weight excluding hydrogens is 700 g/mol. The number of anilines is 4. The molecule has 276 valence electrons. The summed E-state index contributed by atoms with van der Waals surface area (Å²) < 4.78 is 8.76. The molecular formula is C37H41ClN10O5. The van der Waals surface area contributed by atoms with Gasteiger partial charge in [-0.05, 0) is 80.5 Å². The van der Waals surface area contributed by atoms with Crippen molar-refractivity contribution in [2.45, 2.75) is 50.5 Å². The maximum absolute atomic E-state index is 12.7. The first-order chi connectivity index (χ1) is 25.6. The summed E-state index contributed by atoms with van der Waals surface area (Å²) in [5, 5.41) is 21.9. The highest BCUT2D eigenvalue weighted by Gasteiger charge is 2.32. The molecule has 53 heavy (non-hydrogen) atoms. The van der Waals surface area contributed by atoms with Crippen molar-refractivity contribution < 1.29 is 19.1 Å². The summed E-state index contributed by atoms with van der Waals surface area (Å²) in [5.74, 6) is 0.143. The lowest BCUT2D eigenvalue weighted by Gasteiger charge is -2.30. The van der Waals surface area contributed by atoms with Crippen LogP contribution >= 0.6 is 11.6 Å². The third-order valence-corrected chi connectivity index (χ3v) is 10.3. The standard InChI is InChI=1S/C37H41ClN10O5/c1-39-32(50)19-53-30-15-21-14-23(9-12-28(21)47(2)36(30)52)43-34-27(38)18-41-37(45-34)40-17-20-4-6-22(7-5-20)42-24-8-10-25-29(16-24)48(3)46-33(25)26-11-13-31(49)44-35(26)51/h8-10,12,14-16,18,20,22,26,42H,4-7,11,13,17,19H2,1-3H3,(H,39,50)(H,44,49,51)(H2,40,41,43,45). The Kier molecular flexibility index (Phi) is 10.2. The molecule has 4 heterocycles. The number of ether oxygens (including phenoxy) is 1. The van der Waals surface area contributed by atoms with Crippen LogP contribution in [0.15, 0.2) is 53.5 Å². The van der Waals surface area contributed by atoms with Crippen molar-refractivity contribution in [1.29, 1.82) is 0 Å². The number of pyridine rings is 1. The fourth-order valence-electron chi connectivity index (χ4n) is 7.10. The molecule has 1 aliphatic heterocycles. The molecule has 3 amide bonds. The monoisotopic (exact) mass is 740 g/mol. The number of hydrogen-bond acceptors (Lipinski definition) is 11. The van der Waals surface area contributed by atoms with Crippen LogP contribution in [0, 0.1) is 5.92 Å². The molecule has 5 N–H and O–H groups in total. The summed E-state index contributed by atoms with van der Waals surface area (Å²) in [7, 11) is 5.03. The predicted molar refractivity (Wildman–Crippen MR) is 203 cm³/mol.